The maximum Gasteiger partial charge on any atom is 0.191 e. The number of aliphatic imine (C=N–C) groups is 1. The summed E-state index contributed by atoms with van der Waals surface area (Å²) in [4.78, 5) is 8.71. The molecule has 0 radical (unpaired) electrons. The van der Waals surface area contributed by atoms with Crippen molar-refractivity contribution in [2.75, 3.05) is 37.6 Å². The van der Waals surface area contributed by atoms with Crippen molar-refractivity contribution in [3.8, 4) is 12.3 Å². The average molecular weight is 419 g/mol. The molecule has 0 bridgehead atoms. The van der Waals surface area contributed by atoms with E-state index in [9.17, 15) is 0 Å². The van der Waals surface area contributed by atoms with Gasteiger partial charge in [0.2, 0.25) is 0 Å². The molecule has 1 fully saturated rings. The third-order valence-electron chi connectivity index (χ3n) is 3.33. The lowest BCUT2D eigenvalue weighted by Crippen LogP contribution is -2.51. The molecule has 21 heavy (non-hydrogen) atoms. The molecule has 1 aliphatic rings. The second-order valence-corrected chi connectivity index (χ2v) is 5.08. The highest BCUT2D eigenvalue weighted by Crippen LogP contribution is 2.19. The number of nitrogens with zero attached hydrogens (tertiary/aromatic N) is 3. The van der Waals surface area contributed by atoms with E-state index in [1.54, 1.807) is 0 Å². The Hall–Kier alpha value is -1.13. The Morgan fingerprint density at radius 2 is 1.86 bits per heavy atom. The fourth-order valence-electron chi connectivity index (χ4n) is 2.18. The van der Waals surface area contributed by atoms with Crippen molar-refractivity contribution < 1.29 is 0 Å². The van der Waals surface area contributed by atoms with Crippen molar-refractivity contribution in [2.45, 2.75) is 6.42 Å². The average Bonchev–Trinajstić information content (AvgIpc) is 2.48. The van der Waals surface area contributed by atoms with Gasteiger partial charge >= 0.3 is 0 Å². The van der Waals surface area contributed by atoms with Gasteiger partial charge in [0.05, 0.1) is 6.54 Å². The minimum atomic E-state index is 0. The summed E-state index contributed by atoms with van der Waals surface area (Å²) in [6.45, 7) is 4.18. The summed E-state index contributed by atoms with van der Waals surface area (Å²) in [5.41, 5.74) is 7.16. The Kier molecular flexibility index (Phi) is 7.68. The molecule has 1 aliphatic heterocycles. The van der Waals surface area contributed by atoms with Gasteiger partial charge in [-0.25, -0.2) is 0 Å². The summed E-state index contributed by atoms with van der Waals surface area (Å²) in [5.74, 6) is 3.15. The largest absolute Gasteiger partial charge is 0.370 e. The van der Waals surface area contributed by atoms with Crippen LogP contribution in [0.5, 0.6) is 0 Å². The van der Waals surface area contributed by atoms with Crippen LogP contribution in [-0.4, -0.2) is 43.6 Å². The summed E-state index contributed by atoms with van der Waals surface area (Å²) < 4.78 is 0. The maximum absolute atomic E-state index is 5.96. The van der Waals surface area contributed by atoms with E-state index in [2.05, 4.69) is 20.7 Å². The van der Waals surface area contributed by atoms with E-state index in [0.29, 0.717) is 18.9 Å². The Labute approximate surface area is 148 Å². The van der Waals surface area contributed by atoms with Gasteiger partial charge in [0.25, 0.3) is 0 Å². The van der Waals surface area contributed by atoms with Crippen LogP contribution in [0.25, 0.3) is 0 Å². The Balaban J connectivity index is 0.00000220. The highest BCUT2D eigenvalue weighted by Gasteiger charge is 2.18. The van der Waals surface area contributed by atoms with Crippen LogP contribution in [0.3, 0.4) is 0 Å². The Morgan fingerprint density at radius 1 is 1.24 bits per heavy atom. The first-order valence-corrected chi connectivity index (χ1v) is 7.07. The van der Waals surface area contributed by atoms with Gasteiger partial charge in [-0.15, -0.1) is 36.3 Å². The zero-order valence-corrected chi connectivity index (χ0v) is 14.9. The molecule has 1 aromatic carbocycles. The van der Waals surface area contributed by atoms with Gasteiger partial charge in [-0.2, -0.15) is 0 Å². The van der Waals surface area contributed by atoms with Crippen LogP contribution < -0.4 is 10.6 Å². The number of guanidine groups is 1. The molecule has 2 rings (SSSR count). The van der Waals surface area contributed by atoms with Gasteiger partial charge < -0.3 is 15.5 Å². The highest BCUT2D eigenvalue weighted by atomic mass is 127. The van der Waals surface area contributed by atoms with Crippen LogP contribution in [0, 0.1) is 12.3 Å². The summed E-state index contributed by atoms with van der Waals surface area (Å²) >= 11 is 5.90. The zero-order valence-electron chi connectivity index (χ0n) is 11.8. The van der Waals surface area contributed by atoms with Crippen molar-refractivity contribution >= 4 is 47.2 Å². The van der Waals surface area contributed by atoms with E-state index in [-0.39, 0.29) is 24.0 Å². The lowest BCUT2D eigenvalue weighted by atomic mass is 10.2. The molecule has 1 heterocycles. The summed E-state index contributed by atoms with van der Waals surface area (Å²) in [6, 6.07) is 7.92. The van der Waals surface area contributed by atoms with Crippen LogP contribution in [0.1, 0.15) is 6.42 Å². The predicted molar refractivity (Wildman–Crippen MR) is 101 cm³/mol. The molecule has 2 N–H and O–H groups in total. The number of hydrogen-bond donors (Lipinski definition) is 1. The van der Waals surface area contributed by atoms with Gasteiger partial charge in [-0.05, 0) is 24.3 Å². The smallest absolute Gasteiger partial charge is 0.191 e. The number of rotatable bonds is 3. The quantitative estimate of drug-likeness (QED) is 0.270. The minimum Gasteiger partial charge on any atom is -0.370 e. The first-order valence-electron chi connectivity index (χ1n) is 6.69. The van der Waals surface area contributed by atoms with Crippen LogP contribution in [0.2, 0.25) is 5.02 Å². The maximum atomic E-state index is 5.96. The molecule has 1 saturated heterocycles. The fraction of sp³-hybridized carbons (Fsp3) is 0.400. The molecule has 6 heteroatoms. The van der Waals surface area contributed by atoms with Gasteiger partial charge in [-0.3, -0.25) is 4.99 Å². The Morgan fingerprint density at radius 3 is 2.43 bits per heavy atom. The standard InChI is InChI=1S/C15H19ClN4.HI/c1-2-3-8-18-15(17)20-11-9-19(10-12-20)14-6-4-13(16)5-7-14;/h1,4-7H,3,8-12H2,(H2,17,18);1H. The number of piperazine rings is 1. The molecule has 0 aromatic heterocycles. The molecule has 0 saturated carbocycles. The van der Waals surface area contributed by atoms with Gasteiger partial charge in [0.15, 0.2) is 5.96 Å². The normalized spacial score (nSPS) is 15.3. The lowest BCUT2D eigenvalue weighted by molar-refractivity contribution is 0.381. The molecule has 0 atom stereocenters. The summed E-state index contributed by atoms with van der Waals surface area (Å²) in [7, 11) is 0. The molecular weight excluding hydrogens is 399 g/mol. The third kappa shape index (κ3) is 5.29. The van der Waals surface area contributed by atoms with Crippen molar-refractivity contribution in [3.05, 3.63) is 29.3 Å². The lowest BCUT2D eigenvalue weighted by Gasteiger charge is -2.36. The van der Waals surface area contributed by atoms with Crippen molar-refractivity contribution in [1.29, 1.82) is 0 Å². The molecule has 0 spiro atoms. The topological polar surface area (TPSA) is 44.9 Å². The number of terminal acetylenes is 1. The fourth-order valence-corrected chi connectivity index (χ4v) is 2.31. The van der Waals surface area contributed by atoms with Crippen molar-refractivity contribution in [2.24, 2.45) is 10.7 Å². The van der Waals surface area contributed by atoms with E-state index >= 15 is 0 Å². The van der Waals surface area contributed by atoms with Crippen molar-refractivity contribution in [1.82, 2.24) is 4.90 Å². The number of benzene rings is 1. The first-order chi connectivity index (χ1) is 9.70. The molecule has 114 valence electrons. The molecular formula is C15H20ClIN4. The van der Waals surface area contributed by atoms with Crippen LogP contribution >= 0.6 is 35.6 Å². The first kappa shape index (κ1) is 17.9. The van der Waals surface area contributed by atoms with E-state index < -0.39 is 0 Å². The number of hydrogen-bond acceptors (Lipinski definition) is 2. The van der Waals surface area contributed by atoms with Gasteiger partial charge in [-0.1, -0.05) is 11.6 Å². The van der Waals surface area contributed by atoms with E-state index in [1.807, 2.05) is 24.3 Å². The second-order valence-electron chi connectivity index (χ2n) is 4.64. The molecule has 1 aromatic rings. The monoisotopic (exact) mass is 418 g/mol. The molecule has 0 aliphatic carbocycles. The number of anilines is 1. The summed E-state index contributed by atoms with van der Waals surface area (Å²) in [6.07, 6.45) is 5.83. The van der Waals surface area contributed by atoms with Crippen LogP contribution in [-0.2, 0) is 0 Å². The molecule has 0 amide bonds. The minimum absolute atomic E-state index is 0. The van der Waals surface area contributed by atoms with Crippen molar-refractivity contribution in [3.63, 3.8) is 0 Å². The van der Waals surface area contributed by atoms with Crippen LogP contribution in [0.4, 0.5) is 5.69 Å². The molecule has 0 unspecified atom stereocenters. The highest BCUT2D eigenvalue weighted by molar-refractivity contribution is 14.0. The molecule has 4 nitrogen and oxygen atoms in total. The van der Waals surface area contributed by atoms with Gasteiger partial charge in [0.1, 0.15) is 0 Å². The number of nitrogens with two attached hydrogens (primary N) is 1. The van der Waals surface area contributed by atoms with Crippen LogP contribution in [0.15, 0.2) is 29.3 Å². The summed E-state index contributed by atoms with van der Waals surface area (Å²) in [5, 5.41) is 0.761. The Bertz CT molecular complexity index is 501. The van der Waals surface area contributed by atoms with E-state index in [1.165, 1.54) is 5.69 Å². The number of halogens is 2. The van der Waals surface area contributed by atoms with Gasteiger partial charge in [0, 0.05) is 43.3 Å². The second kappa shape index (κ2) is 9.00. The van der Waals surface area contributed by atoms with E-state index in [4.69, 9.17) is 23.8 Å². The predicted octanol–water partition coefficient (Wildman–Crippen LogP) is 2.42. The van der Waals surface area contributed by atoms with E-state index in [0.717, 1.165) is 31.2 Å². The SMILES string of the molecule is C#CCCN=C(N)N1CCN(c2ccc(Cl)cc2)CC1.I. The zero-order chi connectivity index (χ0) is 14.4. The third-order valence-corrected chi connectivity index (χ3v) is 3.58.